The molecule has 1 aromatic rings. The van der Waals surface area contributed by atoms with E-state index >= 15 is 0 Å². The second-order valence-corrected chi connectivity index (χ2v) is 5.20. The lowest BCUT2D eigenvalue weighted by Gasteiger charge is -2.15. The van der Waals surface area contributed by atoms with Crippen LogP contribution in [0.4, 0.5) is 5.82 Å². The monoisotopic (exact) mass is 346 g/mol. The maximum atomic E-state index is 11.7. The van der Waals surface area contributed by atoms with Crippen LogP contribution in [0.15, 0.2) is 12.3 Å². The van der Waals surface area contributed by atoms with Gasteiger partial charge < -0.3 is 5.11 Å². The summed E-state index contributed by atoms with van der Waals surface area (Å²) in [4.78, 5) is 28.2. The lowest BCUT2D eigenvalue weighted by atomic mass is 10.1. The number of carbonyl (C=O) groups excluding carboxylic acids is 1. The normalized spacial score (nSPS) is 19.8. The Morgan fingerprint density at radius 1 is 1.65 bits per heavy atom. The lowest BCUT2D eigenvalue weighted by Crippen LogP contribution is -2.26. The van der Waals surface area contributed by atoms with Gasteiger partial charge in [-0.25, -0.2) is 4.98 Å². The quantitative estimate of drug-likeness (QED) is 0.823. The number of amides is 1. The maximum Gasteiger partial charge on any atom is 0.308 e. The Hall–Kier alpha value is -1.18. The van der Waals surface area contributed by atoms with E-state index in [0.717, 1.165) is 9.13 Å². The molecule has 5 nitrogen and oxygen atoms in total. The molecule has 0 spiro atoms. The number of aromatic nitrogens is 1. The van der Waals surface area contributed by atoms with Crippen LogP contribution in [0.2, 0.25) is 0 Å². The Morgan fingerprint density at radius 2 is 2.35 bits per heavy atom. The van der Waals surface area contributed by atoms with E-state index in [2.05, 4.69) is 27.6 Å². The van der Waals surface area contributed by atoms with Crippen molar-refractivity contribution in [3.63, 3.8) is 0 Å². The van der Waals surface area contributed by atoms with Crippen molar-refractivity contribution in [2.75, 3.05) is 11.4 Å². The van der Waals surface area contributed by atoms with Gasteiger partial charge in [0.25, 0.3) is 0 Å². The third-order valence-electron chi connectivity index (χ3n) is 2.78. The summed E-state index contributed by atoms with van der Waals surface area (Å²) in [5.41, 5.74) is 1.03. The second-order valence-electron chi connectivity index (χ2n) is 4.04. The number of aliphatic carboxylic acids is 1. The van der Waals surface area contributed by atoms with Gasteiger partial charge in [0.15, 0.2) is 0 Å². The zero-order chi connectivity index (χ0) is 12.6. The van der Waals surface area contributed by atoms with Crippen molar-refractivity contribution in [1.82, 2.24) is 4.98 Å². The van der Waals surface area contributed by atoms with E-state index in [0.29, 0.717) is 5.82 Å². The van der Waals surface area contributed by atoms with Crippen LogP contribution in [-0.2, 0) is 9.59 Å². The van der Waals surface area contributed by atoms with Crippen molar-refractivity contribution in [2.45, 2.75) is 13.3 Å². The lowest BCUT2D eigenvalue weighted by molar-refractivity contribution is -0.141. The number of rotatable bonds is 2. The molecule has 1 aliphatic rings. The minimum Gasteiger partial charge on any atom is -0.481 e. The molecule has 0 aliphatic carbocycles. The molecule has 1 fully saturated rings. The number of carboxylic acids is 1. The molecule has 2 rings (SSSR count). The first kappa shape index (κ1) is 12.3. The van der Waals surface area contributed by atoms with Crippen LogP contribution in [0, 0.1) is 16.4 Å². The summed E-state index contributed by atoms with van der Waals surface area (Å²) in [6, 6.07) is 1.81. The molecule has 1 atom stereocenters. The molecule has 0 bridgehead atoms. The molecular formula is C11H11IN2O3. The highest BCUT2D eigenvalue weighted by Crippen LogP contribution is 2.25. The molecule has 2 heterocycles. The predicted molar refractivity (Wildman–Crippen MR) is 69.8 cm³/mol. The van der Waals surface area contributed by atoms with Gasteiger partial charge in [-0.2, -0.15) is 0 Å². The number of carboxylic acid groups (broad SMARTS) is 1. The molecule has 0 aromatic carbocycles. The average molecular weight is 346 g/mol. The van der Waals surface area contributed by atoms with Crippen molar-refractivity contribution in [3.8, 4) is 0 Å². The Bertz CT molecular complexity index is 490. The van der Waals surface area contributed by atoms with Crippen molar-refractivity contribution in [2.24, 2.45) is 5.92 Å². The first-order valence-electron chi connectivity index (χ1n) is 5.14. The van der Waals surface area contributed by atoms with Gasteiger partial charge >= 0.3 is 5.97 Å². The molecule has 6 heteroatoms. The second kappa shape index (κ2) is 4.59. The topological polar surface area (TPSA) is 70.5 Å². The van der Waals surface area contributed by atoms with E-state index < -0.39 is 11.9 Å². The summed E-state index contributed by atoms with van der Waals surface area (Å²) >= 11 is 2.16. The van der Waals surface area contributed by atoms with Gasteiger partial charge in [0.2, 0.25) is 5.91 Å². The van der Waals surface area contributed by atoms with Gasteiger partial charge in [-0.3, -0.25) is 14.5 Å². The van der Waals surface area contributed by atoms with Crippen LogP contribution in [0.5, 0.6) is 0 Å². The van der Waals surface area contributed by atoms with Gasteiger partial charge in [-0.05, 0) is 41.1 Å². The molecule has 0 radical (unpaired) electrons. The first-order chi connectivity index (χ1) is 7.99. The Labute approximate surface area is 112 Å². The molecule has 1 unspecified atom stereocenters. The van der Waals surface area contributed by atoms with Crippen LogP contribution in [-0.4, -0.2) is 28.5 Å². The molecule has 90 valence electrons. The molecule has 0 saturated carbocycles. The van der Waals surface area contributed by atoms with Gasteiger partial charge in [0.05, 0.1) is 5.92 Å². The van der Waals surface area contributed by atoms with E-state index in [9.17, 15) is 9.59 Å². The Balaban J connectivity index is 2.26. The minimum absolute atomic E-state index is 0.0576. The number of pyridine rings is 1. The van der Waals surface area contributed by atoms with Gasteiger partial charge in [-0.15, -0.1) is 0 Å². The smallest absolute Gasteiger partial charge is 0.308 e. The van der Waals surface area contributed by atoms with Gasteiger partial charge in [0, 0.05) is 22.7 Å². The summed E-state index contributed by atoms with van der Waals surface area (Å²) in [5, 5.41) is 8.89. The molecule has 1 amide bonds. The number of anilines is 1. The highest BCUT2D eigenvalue weighted by Gasteiger charge is 2.35. The standard InChI is InChI=1S/C11H11IN2O3/c1-6-2-9(13-4-8(6)12)14-5-7(11(16)17)3-10(14)15/h2,4,7H,3,5H2,1H3,(H,16,17). The van der Waals surface area contributed by atoms with Crippen LogP contribution in [0.1, 0.15) is 12.0 Å². The number of halogens is 1. The Morgan fingerprint density at radius 3 is 2.88 bits per heavy atom. The SMILES string of the molecule is Cc1cc(N2CC(C(=O)O)CC2=O)ncc1I. The fraction of sp³-hybridized carbons (Fsp3) is 0.364. The molecule has 1 N–H and O–H groups in total. The first-order valence-corrected chi connectivity index (χ1v) is 6.22. The molecular weight excluding hydrogens is 335 g/mol. The highest BCUT2D eigenvalue weighted by molar-refractivity contribution is 14.1. The third-order valence-corrected chi connectivity index (χ3v) is 3.91. The third kappa shape index (κ3) is 2.41. The van der Waals surface area contributed by atoms with Crippen molar-refractivity contribution < 1.29 is 14.7 Å². The number of nitrogens with zero attached hydrogens (tertiary/aromatic N) is 2. The zero-order valence-electron chi connectivity index (χ0n) is 9.18. The van der Waals surface area contributed by atoms with Crippen LogP contribution in [0.3, 0.4) is 0 Å². The molecule has 1 aromatic heterocycles. The number of hydrogen-bond acceptors (Lipinski definition) is 3. The summed E-state index contributed by atoms with van der Waals surface area (Å²) in [6.45, 7) is 2.14. The predicted octanol–water partition coefficient (Wildman–Crippen LogP) is 1.43. The van der Waals surface area contributed by atoms with E-state index in [1.165, 1.54) is 4.90 Å². The van der Waals surface area contributed by atoms with E-state index in [-0.39, 0.29) is 18.9 Å². The summed E-state index contributed by atoms with van der Waals surface area (Å²) < 4.78 is 1.02. The average Bonchev–Trinajstić information content (AvgIpc) is 2.65. The summed E-state index contributed by atoms with van der Waals surface area (Å²) in [7, 11) is 0. The summed E-state index contributed by atoms with van der Waals surface area (Å²) in [6.07, 6.45) is 1.74. The fourth-order valence-corrected chi connectivity index (χ4v) is 2.06. The molecule has 1 aliphatic heterocycles. The van der Waals surface area contributed by atoms with Gasteiger partial charge in [0.1, 0.15) is 5.82 Å². The summed E-state index contributed by atoms with van der Waals surface area (Å²) in [5.74, 6) is -1.19. The van der Waals surface area contributed by atoms with E-state index in [4.69, 9.17) is 5.11 Å². The molecule has 1 saturated heterocycles. The largest absolute Gasteiger partial charge is 0.481 e. The van der Waals surface area contributed by atoms with E-state index in [1.54, 1.807) is 6.20 Å². The van der Waals surface area contributed by atoms with Crippen LogP contribution >= 0.6 is 22.6 Å². The van der Waals surface area contributed by atoms with E-state index in [1.807, 2.05) is 13.0 Å². The van der Waals surface area contributed by atoms with Crippen molar-refractivity contribution in [1.29, 1.82) is 0 Å². The van der Waals surface area contributed by atoms with Crippen LogP contribution in [0.25, 0.3) is 0 Å². The number of hydrogen-bond donors (Lipinski definition) is 1. The van der Waals surface area contributed by atoms with Gasteiger partial charge in [-0.1, -0.05) is 0 Å². The maximum absolute atomic E-state index is 11.7. The zero-order valence-corrected chi connectivity index (χ0v) is 11.3. The number of carbonyl (C=O) groups is 2. The van der Waals surface area contributed by atoms with Crippen LogP contribution < -0.4 is 4.90 Å². The minimum atomic E-state index is -0.928. The highest BCUT2D eigenvalue weighted by atomic mass is 127. The molecule has 17 heavy (non-hydrogen) atoms. The van der Waals surface area contributed by atoms with Crippen molar-refractivity contribution >= 4 is 40.3 Å². The Kier molecular flexibility index (Phi) is 3.32. The van der Waals surface area contributed by atoms with Crippen molar-refractivity contribution in [3.05, 3.63) is 21.4 Å². The fourth-order valence-electron chi connectivity index (χ4n) is 1.77. The number of aryl methyl sites for hydroxylation is 1.